The predicted molar refractivity (Wildman–Crippen MR) is 79.0 cm³/mol. The molecule has 114 valence electrons. The van der Waals surface area contributed by atoms with Gasteiger partial charge in [-0.15, -0.1) is 0 Å². The summed E-state index contributed by atoms with van der Waals surface area (Å²) in [6.45, 7) is 2.32. The van der Waals surface area contributed by atoms with Gasteiger partial charge in [0.15, 0.2) is 0 Å². The lowest BCUT2D eigenvalue weighted by Gasteiger charge is -2.16. The molecular weight excluding hydrogens is 270 g/mol. The quantitative estimate of drug-likeness (QED) is 0.676. The number of hydrogen-bond acceptors (Lipinski definition) is 5. The fourth-order valence-electron chi connectivity index (χ4n) is 1.67. The number of nitrogens with zero attached hydrogens (tertiary/aromatic N) is 2. The number of nitrogens with one attached hydrogen (secondary N) is 1. The van der Waals surface area contributed by atoms with E-state index in [4.69, 9.17) is 14.7 Å². The van der Waals surface area contributed by atoms with Crippen LogP contribution in [0.25, 0.3) is 0 Å². The minimum absolute atomic E-state index is 0.0491. The van der Waals surface area contributed by atoms with Crippen LogP contribution in [0.15, 0.2) is 24.3 Å². The maximum atomic E-state index is 11.6. The van der Waals surface area contributed by atoms with Crippen molar-refractivity contribution in [2.45, 2.75) is 0 Å². The fourth-order valence-corrected chi connectivity index (χ4v) is 1.67. The van der Waals surface area contributed by atoms with Crippen LogP contribution in [0.3, 0.4) is 0 Å². The van der Waals surface area contributed by atoms with Gasteiger partial charge in [-0.3, -0.25) is 9.69 Å². The van der Waals surface area contributed by atoms with Crippen molar-refractivity contribution < 1.29 is 14.3 Å². The van der Waals surface area contributed by atoms with Crippen molar-refractivity contribution in [3.63, 3.8) is 0 Å². The first-order chi connectivity index (χ1) is 10.2. The molecule has 0 radical (unpaired) electrons. The van der Waals surface area contributed by atoms with E-state index < -0.39 is 0 Å². The Hall–Kier alpha value is -2.10. The second-order valence-corrected chi connectivity index (χ2v) is 4.54. The Morgan fingerprint density at radius 2 is 2.14 bits per heavy atom. The molecule has 6 heteroatoms. The van der Waals surface area contributed by atoms with Crippen LogP contribution in [-0.2, 0) is 9.53 Å². The van der Waals surface area contributed by atoms with Gasteiger partial charge in [0.25, 0.3) is 0 Å². The topological polar surface area (TPSA) is 74.6 Å². The van der Waals surface area contributed by atoms with Crippen LogP contribution in [0.1, 0.15) is 5.56 Å². The van der Waals surface area contributed by atoms with E-state index in [1.165, 1.54) is 0 Å². The van der Waals surface area contributed by atoms with E-state index in [0.29, 0.717) is 44.2 Å². The van der Waals surface area contributed by atoms with E-state index in [0.717, 1.165) is 0 Å². The van der Waals surface area contributed by atoms with Crippen molar-refractivity contribution in [1.82, 2.24) is 10.2 Å². The Kier molecular flexibility index (Phi) is 7.87. The number of para-hydroxylation sites is 1. The summed E-state index contributed by atoms with van der Waals surface area (Å²) in [6.07, 6.45) is 0. The molecule has 0 saturated heterocycles. The lowest BCUT2D eigenvalue weighted by Crippen LogP contribution is -2.38. The second kappa shape index (κ2) is 9.75. The van der Waals surface area contributed by atoms with Gasteiger partial charge in [-0.25, -0.2) is 0 Å². The Morgan fingerprint density at radius 1 is 1.38 bits per heavy atom. The van der Waals surface area contributed by atoms with Crippen LogP contribution in [0, 0.1) is 11.3 Å². The monoisotopic (exact) mass is 291 g/mol. The van der Waals surface area contributed by atoms with Gasteiger partial charge in [-0.1, -0.05) is 12.1 Å². The van der Waals surface area contributed by atoms with E-state index in [1.807, 2.05) is 18.0 Å². The molecule has 0 aliphatic carbocycles. The van der Waals surface area contributed by atoms with Gasteiger partial charge in [0.1, 0.15) is 18.4 Å². The summed E-state index contributed by atoms with van der Waals surface area (Å²) in [6, 6.07) is 9.17. The SMILES string of the molecule is COCCNC(=O)CN(C)CCOc1ccccc1C#N. The molecule has 1 rings (SSSR count). The molecule has 0 saturated carbocycles. The normalized spacial score (nSPS) is 10.2. The van der Waals surface area contributed by atoms with Gasteiger partial charge in [-0.2, -0.15) is 5.26 Å². The van der Waals surface area contributed by atoms with Gasteiger partial charge in [-0.05, 0) is 19.2 Å². The Morgan fingerprint density at radius 3 is 2.86 bits per heavy atom. The van der Waals surface area contributed by atoms with Crippen LogP contribution in [0.2, 0.25) is 0 Å². The highest BCUT2D eigenvalue weighted by molar-refractivity contribution is 5.77. The maximum Gasteiger partial charge on any atom is 0.234 e. The zero-order valence-corrected chi connectivity index (χ0v) is 12.5. The van der Waals surface area contributed by atoms with Crippen LogP contribution < -0.4 is 10.1 Å². The number of rotatable bonds is 9. The Bertz CT molecular complexity index is 485. The standard InChI is InChI=1S/C15H21N3O3/c1-18(12-15(19)17-7-9-20-2)8-10-21-14-6-4-3-5-13(14)11-16/h3-6H,7-10,12H2,1-2H3,(H,17,19). The largest absolute Gasteiger partial charge is 0.491 e. The smallest absolute Gasteiger partial charge is 0.234 e. The fraction of sp³-hybridized carbons (Fsp3) is 0.467. The van der Waals surface area contributed by atoms with Crippen LogP contribution in [-0.4, -0.2) is 57.8 Å². The van der Waals surface area contributed by atoms with Crippen molar-refractivity contribution in [2.75, 3.05) is 47.0 Å². The molecule has 1 aromatic carbocycles. The molecule has 0 bridgehead atoms. The molecule has 0 spiro atoms. The number of hydrogen-bond donors (Lipinski definition) is 1. The predicted octanol–water partition coefficient (Wildman–Crippen LogP) is 0.631. The van der Waals surface area contributed by atoms with Crippen molar-refractivity contribution >= 4 is 5.91 Å². The molecule has 0 fully saturated rings. The second-order valence-electron chi connectivity index (χ2n) is 4.54. The van der Waals surface area contributed by atoms with Crippen molar-refractivity contribution in [2.24, 2.45) is 0 Å². The minimum Gasteiger partial charge on any atom is -0.491 e. The van der Waals surface area contributed by atoms with Crippen molar-refractivity contribution in [1.29, 1.82) is 5.26 Å². The third-order valence-corrected chi connectivity index (χ3v) is 2.78. The zero-order chi connectivity index (χ0) is 15.5. The molecule has 1 aromatic rings. The van der Waals surface area contributed by atoms with Gasteiger partial charge >= 0.3 is 0 Å². The molecule has 0 aliphatic heterocycles. The lowest BCUT2D eigenvalue weighted by atomic mass is 10.2. The summed E-state index contributed by atoms with van der Waals surface area (Å²) >= 11 is 0. The van der Waals surface area contributed by atoms with Gasteiger partial charge in [0.05, 0.1) is 18.7 Å². The van der Waals surface area contributed by atoms with Crippen LogP contribution >= 0.6 is 0 Å². The van der Waals surface area contributed by atoms with E-state index in [9.17, 15) is 4.79 Å². The third kappa shape index (κ3) is 6.75. The summed E-state index contributed by atoms with van der Waals surface area (Å²) in [4.78, 5) is 13.4. The molecule has 0 atom stereocenters. The molecule has 21 heavy (non-hydrogen) atoms. The zero-order valence-electron chi connectivity index (χ0n) is 12.5. The Labute approximate surface area is 125 Å². The van der Waals surface area contributed by atoms with E-state index in [2.05, 4.69) is 11.4 Å². The average molecular weight is 291 g/mol. The van der Waals surface area contributed by atoms with E-state index in [1.54, 1.807) is 25.3 Å². The van der Waals surface area contributed by atoms with Gasteiger partial charge < -0.3 is 14.8 Å². The third-order valence-electron chi connectivity index (χ3n) is 2.78. The maximum absolute atomic E-state index is 11.6. The first-order valence-electron chi connectivity index (χ1n) is 6.73. The number of benzene rings is 1. The minimum atomic E-state index is -0.0491. The number of methoxy groups -OCH3 is 1. The van der Waals surface area contributed by atoms with E-state index >= 15 is 0 Å². The molecular formula is C15H21N3O3. The van der Waals surface area contributed by atoms with Gasteiger partial charge in [0.2, 0.25) is 5.91 Å². The molecule has 0 heterocycles. The number of amides is 1. The molecule has 6 nitrogen and oxygen atoms in total. The van der Waals surface area contributed by atoms with Crippen LogP contribution in [0.5, 0.6) is 5.75 Å². The number of likely N-dealkylation sites (N-methyl/N-ethyl adjacent to an activating group) is 1. The highest BCUT2D eigenvalue weighted by Gasteiger charge is 2.07. The highest BCUT2D eigenvalue weighted by atomic mass is 16.5. The summed E-state index contributed by atoms with van der Waals surface area (Å²) in [7, 11) is 3.43. The van der Waals surface area contributed by atoms with Crippen LogP contribution in [0.4, 0.5) is 0 Å². The van der Waals surface area contributed by atoms with Crippen molar-refractivity contribution in [3.8, 4) is 11.8 Å². The first-order valence-corrected chi connectivity index (χ1v) is 6.73. The summed E-state index contributed by atoms with van der Waals surface area (Å²) in [5.74, 6) is 0.518. The van der Waals surface area contributed by atoms with E-state index in [-0.39, 0.29) is 5.91 Å². The molecule has 0 aliphatic rings. The number of carbonyl (C=O) groups is 1. The number of nitriles is 1. The average Bonchev–Trinajstić information content (AvgIpc) is 2.48. The molecule has 0 aromatic heterocycles. The molecule has 0 unspecified atom stereocenters. The van der Waals surface area contributed by atoms with Gasteiger partial charge in [0, 0.05) is 20.2 Å². The number of ether oxygens (including phenoxy) is 2. The first kappa shape index (κ1) is 17.0. The highest BCUT2D eigenvalue weighted by Crippen LogP contribution is 2.16. The Balaban J connectivity index is 2.26. The summed E-state index contributed by atoms with van der Waals surface area (Å²) in [5.41, 5.74) is 0.512. The number of carbonyl (C=O) groups excluding carboxylic acids is 1. The summed E-state index contributed by atoms with van der Waals surface area (Å²) < 4.78 is 10.4. The lowest BCUT2D eigenvalue weighted by molar-refractivity contribution is -0.122. The van der Waals surface area contributed by atoms with Crippen molar-refractivity contribution in [3.05, 3.63) is 29.8 Å². The summed E-state index contributed by atoms with van der Waals surface area (Å²) in [5, 5.41) is 11.7. The molecule has 1 amide bonds. The molecule has 1 N–H and O–H groups in total.